The Kier molecular flexibility index (Phi) is 5.12. The molecule has 4 aromatic rings. The largest absolute Gasteiger partial charge is 0.378 e. The van der Waals surface area contributed by atoms with Crippen molar-refractivity contribution in [2.75, 3.05) is 12.4 Å². The van der Waals surface area contributed by atoms with Crippen molar-refractivity contribution in [2.24, 2.45) is 0 Å². The van der Waals surface area contributed by atoms with E-state index in [-0.39, 0.29) is 0 Å². The van der Waals surface area contributed by atoms with Gasteiger partial charge in [-0.15, -0.1) is 0 Å². The summed E-state index contributed by atoms with van der Waals surface area (Å²) in [6.45, 7) is 1.25. The summed E-state index contributed by atoms with van der Waals surface area (Å²) < 4.78 is 9.77. The predicted octanol–water partition coefficient (Wildman–Crippen LogP) is 3.22. The first-order chi connectivity index (χ1) is 13.2. The van der Waals surface area contributed by atoms with Gasteiger partial charge < -0.3 is 10.1 Å². The van der Waals surface area contributed by atoms with Gasteiger partial charge in [-0.1, -0.05) is 12.1 Å². The van der Waals surface area contributed by atoms with Crippen LogP contribution in [0.1, 0.15) is 11.3 Å². The van der Waals surface area contributed by atoms with Gasteiger partial charge in [-0.25, -0.2) is 4.98 Å². The predicted molar refractivity (Wildman–Crippen MR) is 105 cm³/mol. The van der Waals surface area contributed by atoms with Gasteiger partial charge in [-0.2, -0.15) is 19.7 Å². The SMILES string of the molecule is COCc1cc(Nc2ccc(CCn3cc(Br)cn3)cc2)n2ncnc2n1. The van der Waals surface area contributed by atoms with Gasteiger partial charge in [0.05, 0.1) is 23.0 Å². The van der Waals surface area contributed by atoms with Crippen molar-refractivity contribution in [3.63, 3.8) is 0 Å². The van der Waals surface area contributed by atoms with E-state index in [1.807, 2.05) is 29.1 Å². The van der Waals surface area contributed by atoms with Crippen molar-refractivity contribution in [2.45, 2.75) is 19.6 Å². The van der Waals surface area contributed by atoms with Crippen LogP contribution < -0.4 is 5.32 Å². The van der Waals surface area contributed by atoms with Crippen molar-refractivity contribution in [3.8, 4) is 0 Å². The summed E-state index contributed by atoms with van der Waals surface area (Å²) in [6, 6.07) is 10.2. The number of hydrogen-bond donors (Lipinski definition) is 1. The highest BCUT2D eigenvalue weighted by Crippen LogP contribution is 2.19. The molecule has 1 N–H and O–H groups in total. The summed E-state index contributed by atoms with van der Waals surface area (Å²) in [5.74, 6) is 1.33. The Morgan fingerprint density at radius 2 is 2.04 bits per heavy atom. The Balaban J connectivity index is 1.48. The highest BCUT2D eigenvalue weighted by atomic mass is 79.9. The number of aromatic nitrogens is 6. The first-order valence-corrected chi connectivity index (χ1v) is 9.23. The van der Waals surface area contributed by atoms with Crippen molar-refractivity contribution in [1.29, 1.82) is 0 Å². The zero-order valence-corrected chi connectivity index (χ0v) is 16.3. The summed E-state index contributed by atoms with van der Waals surface area (Å²) in [5.41, 5.74) is 3.00. The monoisotopic (exact) mass is 427 g/mol. The van der Waals surface area contributed by atoms with Crippen LogP contribution >= 0.6 is 15.9 Å². The highest BCUT2D eigenvalue weighted by molar-refractivity contribution is 9.10. The molecule has 0 amide bonds. The van der Waals surface area contributed by atoms with Crippen LogP contribution in [-0.2, 0) is 24.3 Å². The molecule has 0 saturated carbocycles. The Morgan fingerprint density at radius 3 is 2.78 bits per heavy atom. The number of ether oxygens (including phenoxy) is 1. The Hall–Kier alpha value is -2.78. The number of halogens is 1. The second-order valence-electron chi connectivity index (χ2n) is 6.03. The number of hydrogen-bond acceptors (Lipinski definition) is 6. The average molecular weight is 428 g/mol. The molecule has 0 spiro atoms. The molecule has 0 aliphatic heterocycles. The minimum Gasteiger partial charge on any atom is -0.378 e. The molecule has 0 aliphatic carbocycles. The van der Waals surface area contributed by atoms with E-state index in [0.717, 1.165) is 34.6 Å². The first kappa shape index (κ1) is 17.6. The quantitative estimate of drug-likeness (QED) is 0.487. The van der Waals surface area contributed by atoms with E-state index in [4.69, 9.17) is 4.74 Å². The molecule has 0 aliphatic rings. The number of methoxy groups -OCH3 is 1. The first-order valence-electron chi connectivity index (χ1n) is 8.44. The molecule has 138 valence electrons. The lowest BCUT2D eigenvalue weighted by Crippen LogP contribution is -2.05. The molecule has 0 saturated heterocycles. The van der Waals surface area contributed by atoms with Crippen LogP contribution in [0.2, 0.25) is 0 Å². The molecule has 0 radical (unpaired) electrons. The average Bonchev–Trinajstić information content (AvgIpc) is 3.30. The molecule has 3 aromatic heterocycles. The van der Waals surface area contributed by atoms with Gasteiger partial charge in [-0.05, 0) is 40.0 Å². The normalized spacial score (nSPS) is 11.2. The molecular weight excluding hydrogens is 410 g/mol. The summed E-state index contributed by atoms with van der Waals surface area (Å²) in [5, 5.41) is 11.9. The minimum absolute atomic E-state index is 0.417. The molecule has 8 nitrogen and oxygen atoms in total. The maximum Gasteiger partial charge on any atom is 0.254 e. The van der Waals surface area contributed by atoms with Gasteiger partial charge in [0.25, 0.3) is 5.78 Å². The third kappa shape index (κ3) is 4.15. The molecular formula is C18H18BrN7O. The third-order valence-electron chi connectivity index (χ3n) is 4.05. The second kappa shape index (κ2) is 7.85. The zero-order valence-electron chi connectivity index (χ0n) is 14.7. The number of fused-ring (bicyclic) bond motifs is 1. The lowest BCUT2D eigenvalue weighted by Gasteiger charge is -2.10. The van der Waals surface area contributed by atoms with Gasteiger partial charge in [0.1, 0.15) is 12.1 Å². The maximum atomic E-state index is 5.18. The summed E-state index contributed by atoms with van der Waals surface area (Å²) in [7, 11) is 1.64. The highest BCUT2D eigenvalue weighted by Gasteiger charge is 2.08. The molecule has 27 heavy (non-hydrogen) atoms. The number of rotatable bonds is 7. The fourth-order valence-electron chi connectivity index (χ4n) is 2.78. The van der Waals surface area contributed by atoms with E-state index < -0.39 is 0 Å². The number of nitrogens with zero attached hydrogens (tertiary/aromatic N) is 6. The zero-order chi connectivity index (χ0) is 18.6. The van der Waals surface area contributed by atoms with Gasteiger partial charge in [0, 0.05) is 31.6 Å². The van der Waals surface area contributed by atoms with E-state index >= 15 is 0 Å². The molecule has 0 bridgehead atoms. The Morgan fingerprint density at radius 1 is 1.19 bits per heavy atom. The van der Waals surface area contributed by atoms with Crippen LogP contribution in [0.25, 0.3) is 5.78 Å². The fourth-order valence-corrected chi connectivity index (χ4v) is 3.11. The molecule has 3 heterocycles. The van der Waals surface area contributed by atoms with Crippen molar-refractivity contribution < 1.29 is 4.74 Å². The van der Waals surface area contributed by atoms with Crippen molar-refractivity contribution >= 4 is 33.2 Å². The van der Waals surface area contributed by atoms with E-state index in [1.54, 1.807) is 17.8 Å². The molecule has 9 heteroatoms. The molecule has 0 unspecified atom stereocenters. The molecule has 1 aromatic carbocycles. The van der Waals surface area contributed by atoms with Crippen molar-refractivity contribution in [1.82, 2.24) is 29.4 Å². The lowest BCUT2D eigenvalue weighted by atomic mass is 10.1. The van der Waals surface area contributed by atoms with Gasteiger partial charge >= 0.3 is 0 Å². The van der Waals surface area contributed by atoms with Crippen LogP contribution in [0.15, 0.2) is 53.5 Å². The second-order valence-corrected chi connectivity index (χ2v) is 6.95. The third-order valence-corrected chi connectivity index (χ3v) is 4.46. The molecule has 0 fully saturated rings. The van der Waals surface area contributed by atoms with Crippen LogP contribution in [-0.4, -0.2) is 36.5 Å². The van der Waals surface area contributed by atoms with Gasteiger partial charge in [-0.3, -0.25) is 4.68 Å². The summed E-state index contributed by atoms with van der Waals surface area (Å²) in [4.78, 5) is 8.58. The maximum absolute atomic E-state index is 5.18. The minimum atomic E-state index is 0.417. The molecule has 0 atom stereocenters. The lowest BCUT2D eigenvalue weighted by molar-refractivity contribution is 0.181. The number of nitrogens with one attached hydrogen (secondary N) is 1. The van der Waals surface area contributed by atoms with Gasteiger partial charge in [0.15, 0.2) is 0 Å². The van der Waals surface area contributed by atoms with Crippen LogP contribution in [0.5, 0.6) is 0 Å². The topological polar surface area (TPSA) is 82.2 Å². The Bertz CT molecular complexity index is 1040. The van der Waals surface area contributed by atoms with Crippen LogP contribution in [0.3, 0.4) is 0 Å². The summed E-state index contributed by atoms with van der Waals surface area (Å²) in [6.07, 6.45) is 6.17. The standard InChI is InChI=1S/C18H18BrN7O/c1-27-11-16-8-17(26-18(24-16)20-12-22-26)23-15-4-2-13(3-5-15)6-7-25-10-14(19)9-21-25/h2-5,8-10,12,23H,6-7,11H2,1H3. The molecule has 4 rings (SSSR count). The van der Waals surface area contributed by atoms with Crippen LogP contribution in [0.4, 0.5) is 11.5 Å². The Labute approximate surface area is 164 Å². The summed E-state index contributed by atoms with van der Waals surface area (Å²) >= 11 is 3.41. The fraction of sp³-hybridized carbons (Fsp3) is 0.222. The number of anilines is 2. The smallest absolute Gasteiger partial charge is 0.254 e. The van der Waals surface area contributed by atoms with Crippen LogP contribution in [0, 0.1) is 0 Å². The van der Waals surface area contributed by atoms with Gasteiger partial charge in [0.2, 0.25) is 0 Å². The van der Waals surface area contributed by atoms with E-state index in [2.05, 4.69) is 53.5 Å². The van der Waals surface area contributed by atoms with E-state index in [1.165, 1.54) is 11.9 Å². The van der Waals surface area contributed by atoms with E-state index in [9.17, 15) is 0 Å². The number of benzene rings is 1. The van der Waals surface area contributed by atoms with E-state index in [0.29, 0.717) is 12.4 Å². The number of aryl methyl sites for hydroxylation is 2. The van der Waals surface area contributed by atoms with Crippen molar-refractivity contribution in [3.05, 3.63) is 64.8 Å².